The number of likely N-dealkylation sites (N-methyl/N-ethyl adjacent to an activating group) is 2. The molecule has 0 aliphatic rings. The number of nitrogens with zero attached hydrogens (tertiary/aromatic N) is 2. The second kappa shape index (κ2) is 5.77. The van der Waals surface area contributed by atoms with E-state index in [-0.39, 0.29) is 0 Å². The first-order chi connectivity index (χ1) is 5.24. The molecule has 0 aliphatic heterocycles. The maximum Gasteiger partial charge on any atom is 0.209 e. The lowest BCUT2D eigenvalue weighted by Gasteiger charge is -2.19. The van der Waals surface area contributed by atoms with Crippen LogP contribution in [0.2, 0.25) is 0 Å². The van der Waals surface area contributed by atoms with Crippen LogP contribution >= 0.6 is 0 Å². The summed E-state index contributed by atoms with van der Waals surface area (Å²) in [7, 11) is 1.94. The molecular formula is C8H16N2O. The monoisotopic (exact) mass is 156 g/mol. The Hall–Kier alpha value is -0.990. The SMILES string of the molecule is C=CN(C)CCN(C=O)CC. The van der Waals surface area contributed by atoms with E-state index in [1.807, 2.05) is 18.9 Å². The number of hydrogen-bond acceptors (Lipinski definition) is 2. The molecule has 0 saturated carbocycles. The van der Waals surface area contributed by atoms with Crippen molar-refractivity contribution in [3.05, 3.63) is 12.8 Å². The molecule has 0 radical (unpaired) electrons. The predicted octanol–water partition coefficient (Wildman–Crippen LogP) is 0.540. The molecule has 64 valence electrons. The standard InChI is InChI=1S/C8H16N2O/c1-4-9(3)6-7-10(5-2)8-11/h4,8H,1,5-7H2,2-3H3. The lowest BCUT2D eigenvalue weighted by atomic mass is 10.5. The summed E-state index contributed by atoms with van der Waals surface area (Å²) in [6.45, 7) is 7.95. The summed E-state index contributed by atoms with van der Waals surface area (Å²) < 4.78 is 0. The summed E-state index contributed by atoms with van der Waals surface area (Å²) in [4.78, 5) is 14.0. The van der Waals surface area contributed by atoms with Gasteiger partial charge in [-0.3, -0.25) is 4.79 Å². The van der Waals surface area contributed by atoms with Crippen molar-refractivity contribution in [2.75, 3.05) is 26.7 Å². The third-order valence-electron chi connectivity index (χ3n) is 1.61. The topological polar surface area (TPSA) is 23.6 Å². The Morgan fingerprint density at radius 3 is 2.45 bits per heavy atom. The van der Waals surface area contributed by atoms with E-state index >= 15 is 0 Å². The Morgan fingerprint density at radius 1 is 1.45 bits per heavy atom. The minimum Gasteiger partial charge on any atom is -0.379 e. The molecule has 0 spiro atoms. The zero-order chi connectivity index (χ0) is 8.69. The molecule has 3 heteroatoms. The summed E-state index contributed by atoms with van der Waals surface area (Å²) in [6, 6.07) is 0. The molecule has 1 amide bonds. The van der Waals surface area contributed by atoms with Crippen molar-refractivity contribution in [3.8, 4) is 0 Å². The number of amides is 1. The van der Waals surface area contributed by atoms with Crippen LogP contribution in [-0.4, -0.2) is 42.9 Å². The number of hydrogen-bond donors (Lipinski definition) is 0. The van der Waals surface area contributed by atoms with Crippen LogP contribution in [0.15, 0.2) is 12.8 Å². The van der Waals surface area contributed by atoms with Crippen molar-refractivity contribution in [1.29, 1.82) is 0 Å². The van der Waals surface area contributed by atoms with Crippen molar-refractivity contribution < 1.29 is 4.79 Å². The van der Waals surface area contributed by atoms with Gasteiger partial charge in [0.05, 0.1) is 0 Å². The van der Waals surface area contributed by atoms with Gasteiger partial charge in [0.2, 0.25) is 6.41 Å². The fourth-order valence-electron chi connectivity index (χ4n) is 0.663. The van der Waals surface area contributed by atoms with Gasteiger partial charge < -0.3 is 9.80 Å². The average molecular weight is 156 g/mol. The second-order valence-electron chi connectivity index (χ2n) is 2.40. The summed E-state index contributed by atoms with van der Waals surface area (Å²) >= 11 is 0. The molecule has 0 rings (SSSR count). The van der Waals surface area contributed by atoms with E-state index in [0.29, 0.717) is 0 Å². The van der Waals surface area contributed by atoms with Crippen LogP contribution < -0.4 is 0 Å². The first-order valence-corrected chi connectivity index (χ1v) is 3.76. The van der Waals surface area contributed by atoms with Gasteiger partial charge in [-0.15, -0.1) is 0 Å². The number of carbonyl (C=O) groups excluding carboxylic acids is 1. The lowest BCUT2D eigenvalue weighted by molar-refractivity contribution is -0.118. The zero-order valence-corrected chi connectivity index (χ0v) is 7.29. The van der Waals surface area contributed by atoms with Gasteiger partial charge in [-0.25, -0.2) is 0 Å². The molecular weight excluding hydrogens is 140 g/mol. The predicted molar refractivity (Wildman–Crippen MR) is 46.1 cm³/mol. The van der Waals surface area contributed by atoms with Crippen LogP contribution in [0.3, 0.4) is 0 Å². The van der Waals surface area contributed by atoms with Crippen LogP contribution in [0.1, 0.15) is 6.92 Å². The van der Waals surface area contributed by atoms with Gasteiger partial charge in [-0.05, 0) is 13.1 Å². The molecule has 0 aliphatic carbocycles. The molecule has 0 bridgehead atoms. The molecule has 11 heavy (non-hydrogen) atoms. The van der Waals surface area contributed by atoms with E-state index in [2.05, 4.69) is 6.58 Å². The Bertz CT molecular complexity index is 125. The smallest absolute Gasteiger partial charge is 0.209 e. The fraction of sp³-hybridized carbons (Fsp3) is 0.625. The number of rotatable bonds is 6. The summed E-state index contributed by atoms with van der Waals surface area (Å²) in [5.74, 6) is 0. The third-order valence-corrected chi connectivity index (χ3v) is 1.61. The Labute approximate surface area is 68.3 Å². The highest BCUT2D eigenvalue weighted by atomic mass is 16.1. The van der Waals surface area contributed by atoms with E-state index in [9.17, 15) is 4.79 Å². The fourth-order valence-corrected chi connectivity index (χ4v) is 0.663. The van der Waals surface area contributed by atoms with Gasteiger partial charge in [0.15, 0.2) is 0 Å². The highest BCUT2D eigenvalue weighted by molar-refractivity contribution is 5.46. The molecule has 0 saturated heterocycles. The van der Waals surface area contributed by atoms with E-state index in [1.165, 1.54) is 0 Å². The van der Waals surface area contributed by atoms with E-state index in [0.717, 1.165) is 26.0 Å². The number of carbonyl (C=O) groups is 1. The molecule has 0 aromatic heterocycles. The van der Waals surface area contributed by atoms with Gasteiger partial charge in [0.25, 0.3) is 0 Å². The maximum absolute atomic E-state index is 10.3. The first-order valence-electron chi connectivity index (χ1n) is 3.76. The van der Waals surface area contributed by atoms with Crippen LogP contribution in [0.4, 0.5) is 0 Å². The van der Waals surface area contributed by atoms with Crippen molar-refractivity contribution >= 4 is 6.41 Å². The summed E-state index contributed by atoms with van der Waals surface area (Å²) in [6.07, 6.45) is 2.62. The molecule has 3 nitrogen and oxygen atoms in total. The van der Waals surface area contributed by atoms with E-state index < -0.39 is 0 Å². The summed E-state index contributed by atoms with van der Waals surface area (Å²) in [5, 5.41) is 0. The minimum atomic E-state index is 0.766. The van der Waals surface area contributed by atoms with Crippen LogP contribution in [0, 0.1) is 0 Å². The zero-order valence-electron chi connectivity index (χ0n) is 7.29. The Morgan fingerprint density at radius 2 is 2.09 bits per heavy atom. The second-order valence-corrected chi connectivity index (χ2v) is 2.40. The van der Waals surface area contributed by atoms with Crippen molar-refractivity contribution in [2.24, 2.45) is 0 Å². The third kappa shape index (κ3) is 4.42. The molecule has 0 aromatic carbocycles. The molecule has 0 atom stereocenters. The quantitative estimate of drug-likeness (QED) is 0.524. The van der Waals surface area contributed by atoms with Gasteiger partial charge in [-0.2, -0.15) is 0 Å². The molecule has 0 unspecified atom stereocenters. The maximum atomic E-state index is 10.3. The molecule has 0 heterocycles. The highest BCUT2D eigenvalue weighted by Crippen LogP contribution is 1.85. The van der Waals surface area contributed by atoms with E-state index in [1.54, 1.807) is 11.1 Å². The average Bonchev–Trinajstić information content (AvgIpc) is 2.06. The van der Waals surface area contributed by atoms with Crippen molar-refractivity contribution in [1.82, 2.24) is 9.80 Å². The highest BCUT2D eigenvalue weighted by Gasteiger charge is 1.97. The molecule has 0 N–H and O–H groups in total. The molecule has 0 aromatic rings. The lowest BCUT2D eigenvalue weighted by Crippen LogP contribution is -2.29. The van der Waals surface area contributed by atoms with Crippen LogP contribution in [-0.2, 0) is 4.79 Å². The van der Waals surface area contributed by atoms with Gasteiger partial charge in [0.1, 0.15) is 0 Å². The Kier molecular flexibility index (Phi) is 5.25. The van der Waals surface area contributed by atoms with Crippen molar-refractivity contribution in [3.63, 3.8) is 0 Å². The van der Waals surface area contributed by atoms with Gasteiger partial charge >= 0.3 is 0 Å². The van der Waals surface area contributed by atoms with Crippen molar-refractivity contribution in [2.45, 2.75) is 6.92 Å². The van der Waals surface area contributed by atoms with Gasteiger partial charge in [0, 0.05) is 26.7 Å². The van der Waals surface area contributed by atoms with E-state index in [4.69, 9.17) is 0 Å². The summed E-state index contributed by atoms with van der Waals surface area (Å²) in [5.41, 5.74) is 0. The van der Waals surface area contributed by atoms with Crippen LogP contribution in [0.25, 0.3) is 0 Å². The first kappa shape index (κ1) is 10.0. The normalized spacial score (nSPS) is 8.91. The minimum absolute atomic E-state index is 0.766. The Balaban J connectivity index is 3.49. The largest absolute Gasteiger partial charge is 0.379 e. The van der Waals surface area contributed by atoms with Crippen LogP contribution in [0.5, 0.6) is 0 Å². The molecule has 0 fully saturated rings. The van der Waals surface area contributed by atoms with Gasteiger partial charge in [-0.1, -0.05) is 6.58 Å².